The molecule has 3 nitrogen and oxygen atoms in total. The van der Waals surface area contributed by atoms with Crippen molar-refractivity contribution in [3.63, 3.8) is 0 Å². The first-order valence-electron chi connectivity index (χ1n) is 7.25. The third-order valence-electron chi connectivity index (χ3n) is 3.59. The highest BCUT2D eigenvalue weighted by atomic mass is 35.5. The van der Waals surface area contributed by atoms with Crippen molar-refractivity contribution in [1.82, 2.24) is 10.6 Å². The molecule has 0 saturated carbocycles. The zero-order valence-corrected chi connectivity index (χ0v) is 13.1. The van der Waals surface area contributed by atoms with Gasteiger partial charge >= 0.3 is 0 Å². The van der Waals surface area contributed by atoms with Crippen molar-refractivity contribution in [3.8, 4) is 0 Å². The summed E-state index contributed by atoms with van der Waals surface area (Å²) in [5.41, 5.74) is 2.06. The smallest absolute Gasteiger partial charge is 0.251 e. The van der Waals surface area contributed by atoms with E-state index in [-0.39, 0.29) is 18.3 Å². The maximum Gasteiger partial charge on any atom is 0.251 e. The van der Waals surface area contributed by atoms with E-state index >= 15 is 0 Å². The Morgan fingerprint density at radius 3 is 2.90 bits per heavy atom. The van der Waals surface area contributed by atoms with E-state index in [9.17, 15) is 4.79 Å². The minimum absolute atomic E-state index is 0. The molecule has 2 rings (SSSR count). The fourth-order valence-electron chi connectivity index (χ4n) is 2.47. The molecule has 1 aromatic rings. The van der Waals surface area contributed by atoms with Crippen LogP contribution in [0.2, 0.25) is 0 Å². The van der Waals surface area contributed by atoms with E-state index in [0.717, 1.165) is 25.2 Å². The number of piperidine rings is 1. The topological polar surface area (TPSA) is 41.1 Å². The number of hydrogen-bond donors (Lipinski definition) is 2. The van der Waals surface area contributed by atoms with Gasteiger partial charge in [-0.25, -0.2) is 0 Å². The van der Waals surface area contributed by atoms with E-state index in [1.54, 1.807) is 0 Å². The number of benzene rings is 1. The fraction of sp³-hybridized carbons (Fsp3) is 0.562. The van der Waals surface area contributed by atoms with Crippen LogP contribution in [0.25, 0.3) is 0 Å². The first kappa shape index (κ1) is 17.0. The van der Waals surface area contributed by atoms with Gasteiger partial charge in [-0.05, 0) is 48.9 Å². The minimum Gasteiger partial charge on any atom is -0.352 e. The molecule has 0 bridgehead atoms. The van der Waals surface area contributed by atoms with Crippen LogP contribution >= 0.6 is 12.4 Å². The molecule has 112 valence electrons. The Morgan fingerprint density at radius 2 is 2.25 bits per heavy atom. The van der Waals surface area contributed by atoms with Gasteiger partial charge in [0.15, 0.2) is 0 Å². The van der Waals surface area contributed by atoms with Crippen LogP contribution in [-0.4, -0.2) is 25.5 Å². The summed E-state index contributed by atoms with van der Waals surface area (Å²) in [6, 6.07) is 8.08. The van der Waals surface area contributed by atoms with E-state index in [4.69, 9.17) is 0 Å². The van der Waals surface area contributed by atoms with Gasteiger partial charge in [0, 0.05) is 18.7 Å². The van der Waals surface area contributed by atoms with Crippen LogP contribution < -0.4 is 10.6 Å². The van der Waals surface area contributed by atoms with Crippen LogP contribution in [0, 0.1) is 5.92 Å². The molecule has 1 saturated heterocycles. The normalized spacial score (nSPS) is 18.4. The summed E-state index contributed by atoms with van der Waals surface area (Å²) in [5.74, 6) is 1.07. The number of carbonyl (C=O) groups is 1. The Labute approximate surface area is 127 Å². The van der Waals surface area contributed by atoms with Gasteiger partial charge in [0.2, 0.25) is 0 Å². The van der Waals surface area contributed by atoms with Crippen LogP contribution in [0.15, 0.2) is 24.3 Å². The SMILES string of the molecule is CC(C)CNC(=O)c1cccc(C2CCCNC2)c1.Cl. The Bertz CT molecular complexity index is 428. The first-order chi connectivity index (χ1) is 9.16. The Morgan fingerprint density at radius 1 is 1.45 bits per heavy atom. The predicted octanol–water partition coefficient (Wildman–Crippen LogP) is 2.96. The maximum atomic E-state index is 12.1. The Balaban J connectivity index is 0.00000200. The van der Waals surface area contributed by atoms with Crippen molar-refractivity contribution in [2.24, 2.45) is 5.92 Å². The maximum absolute atomic E-state index is 12.1. The van der Waals surface area contributed by atoms with Gasteiger partial charge in [-0.2, -0.15) is 0 Å². The lowest BCUT2D eigenvalue weighted by Crippen LogP contribution is -2.29. The van der Waals surface area contributed by atoms with E-state index in [0.29, 0.717) is 11.8 Å². The Kier molecular flexibility index (Phi) is 7.03. The second-order valence-corrected chi connectivity index (χ2v) is 5.77. The number of carbonyl (C=O) groups excluding carboxylic acids is 1. The largest absolute Gasteiger partial charge is 0.352 e. The first-order valence-corrected chi connectivity index (χ1v) is 7.25. The second-order valence-electron chi connectivity index (χ2n) is 5.77. The van der Waals surface area contributed by atoms with E-state index in [1.807, 2.05) is 18.2 Å². The standard InChI is InChI=1S/C16H24N2O.ClH/c1-12(2)10-18-16(19)14-6-3-5-13(9-14)15-7-4-8-17-11-15;/h3,5-6,9,12,15,17H,4,7-8,10-11H2,1-2H3,(H,18,19);1H. The molecule has 1 aliphatic heterocycles. The molecule has 0 radical (unpaired) electrons. The van der Waals surface area contributed by atoms with Gasteiger partial charge in [-0.15, -0.1) is 12.4 Å². The third-order valence-corrected chi connectivity index (χ3v) is 3.59. The second kappa shape index (κ2) is 8.28. The molecule has 1 aliphatic rings. The number of rotatable bonds is 4. The highest BCUT2D eigenvalue weighted by Crippen LogP contribution is 2.23. The molecule has 2 N–H and O–H groups in total. The molecule has 4 heteroatoms. The summed E-state index contributed by atoms with van der Waals surface area (Å²) in [7, 11) is 0. The molecular formula is C16H25ClN2O. The summed E-state index contributed by atoms with van der Waals surface area (Å²) >= 11 is 0. The number of nitrogens with one attached hydrogen (secondary N) is 2. The molecule has 0 aliphatic carbocycles. The number of halogens is 1. The monoisotopic (exact) mass is 296 g/mol. The van der Waals surface area contributed by atoms with Gasteiger partial charge in [0.05, 0.1) is 0 Å². The van der Waals surface area contributed by atoms with Crippen molar-refractivity contribution >= 4 is 18.3 Å². The Hall–Kier alpha value is -1.06. The molecule has 1 aromatic carbocycles. The van der Waals surface area contributed by atoms with Gasteiger partial charge in [-0.1, -0.05) is 26.0 Å². The quantitative estimate of drug-likeness (QED) is 0.897. The summed E-state index contributed by atoms with van der Waals surface area (Å²) in [6.45, 7) is 7.07. The lowest BCUT2D eigenvalue weighted by atomic mass is 9.90. The van der Waals surface area contributed by atoms with Gasteiger partial charge in [0.25, 0.3) is 5.91 Å². The van der Waals surface area contributed by atoms with Crippen LogP contribution in [0.3, 0.4) is 0 Å². The molecule has 20 heavy (non-hydrogen) atoms. The molecule has 1 amide bonds. The zero-order valence-electron chi connectivity index (χ0n) is 12.3. The van der Waals surface area contributed by atoms with Gasteiger partial charge in [-0.3, -0.25) is 4.79 Å². The molecule has 1 fully saturated rings. The molecule has 1 heterocycles. The highest BCUT2D eigenvalue weighted by Gasteiger charge is 2.16. The van der Waals surface area contributed by atoms with Crippen LogP contribution in [0.5, 0.6) is 0 Å². The minimum atomic E-state index is 0. The lowest BCUT2D eigenvalue weighted by molar-refractivity contribution is 0.0949. The van der Waals surface area contributed by atoms with Gasteiger partial charge < -0.3 is 10.6 Å². The van der Waals surface area contributed by atoms with Crippen LogP contribution in [-0.2, 0) is 0 Å². The van der Waals surface area contributed by atoms with Crippen LogP contribution in [0.4, 0.5) is 0 Å². The molecule has 1 unspecified atom stereocenters. The van der Waals surface area contributed by atoms with Crippen molar-refractivity contribution in [2.75, 3.05) is 19.6 Å². The van der Waals surface area contributed by atoms with Gasteiger partial charge in [0.1, 0.15) is 0 Å². The van der Waals surface area contributed by atoms with Crippen LogP contribution in [0.1, 0.15) is 48.5 Å². The third kappa shape index (κ3) is 4.80. The van der Waals surface area contributed by atoms with E-state index < -0.39 is 0 Å². The average molecular weight is 297 g/mol. The number of hydrogen-bond acceptors (Lipinski definition) is 2. The highest BCUT2D eigenvalue weighted by molar-refractivity contribution is 5.94. The summed E-state index contributed by atoms with van der Waals surface area (Å²) in [6.07, 6.45) is 2.43. The van der Waals surface area contributed by atoms with Crippen molar-refractivity contribution in [3.05, 3.63) is 35.4 Å². The lowest BCUT2D eigenvalue weighted by Gasteiger charge is -2.23. The zero-order chi connectivity index (χ0) is 13.7. The summed E-state index contributed by atoms with van der Waals surface area (Å²) in [5, 5.41) is 6.40. The van der Waals surface area contributed by atoms with Crippen molar-refractivity contribution < 1.29 is 4.79 Å². The van der Waals surface area contributed by atoms with E-state index in [1.165, 1.54) is 18.4 Å². The average Bonchev–Trinajstić information content (AvgIpc) is 2.46. The van der Waals surface area contributed by atoms with Crippen molar-refractivity contribution in [1.29, 1.82) is 0 Å². The van der Waals surface area contributed by atoms with E-state index in [2.05, 4.69) is 30.5 Å². The predicted molar refractivity (Wildman–Crippen MR) is 85.7 cm³/mol. The van der Waals surface area contributed by atoms with Crippen molar-refractivity contribution in [2.45, 2.75) is 32.6 Å². The molecule has 0 spiro atoms. The number of amides is 1. The fourth-order valence-corrected chi connectivity index (χ4v) is 2.47. The molecule has 0 aromatic heterocycles. The summed E-state index contributed by atoms with van der Waals surface area (Å²) < 4.78 is 0. The summed E-state index contributed by atoms with van der Waals surface area (Å²) in [4.78, 5) is 12.1. The molecular weight excluding hydrogens is 272 g/mol. The molecule has 1 atom stereocenters.